The maximum Gasteiger partial charge on any atom is 2.00 e. The van der Waals surface area contributed by atoms with Crippen LogP contribution < -0.4 is 20.0 Å². The minimum Gasteiger partial charge on any atom is -0.503 e. The molecule has 0 amide bonds. The molecule has 0 atom stereocenters. The molecule has 0 unspecified atom stereocenters. The molecule has 0 N–H and O–H groups in total. The number of para-hydroxylation sites is 3. The molecule has 0 spiro atoms. The first-order chi connectivity index (χ1) is 26.0. The molecular formula is C46H31N5OPdSi. The van der Waals surface area contributed by atoms with Crippen molar-refractivity contribution in [3.8, 4) is 17.2 Å². The first-order valence-electron chi connectivity index (χ1n) is 17.8. The van der Waals surface area contributed by atoms with Crippen LogP contribution in [0.3, 0.4) is 0 Å². The fourth-order valence-corrected chi connectivity index (χ4v) is 11.3. The molecule has 0 radical (unpaired) electrons. The zero-order valence-corrected chi connectivity index (χ0v) is 31.9. The molecule has 6 nitrogen and oxygen atoms in total. The van der Waals surface area contributed by atoms with Crippen molar-refractivity contribution >= 4 is 84.8 Å². The van der Waals surface area contributed by atoms with E-state index in [4.69, 9.17) is 14.7 Å². The average molecular weight is 804 g/mol. The number of aromatic nitrogens is 4. The Hall–Kier alpha value is -6.04. The quantitative estimate of drug-likeness (QED) is 0.101. The van der Waals surface area contributed by atoms with Crippen molar-refractivity contribution < 1.29 is 25.2 Å². The van der Waals surface area contributed by atoms with Crippen molar-refractivity contribution in [1.29, 1.82) is 0 Å². The van der Waals surface area contributed by atoms with Crippen molar-refractivity contribution in [2.75, 3.05) is 4.90 Å². The number of hydrogen-bond acceptors (Lipinski definition) is 4. The maximum atomic E-state index is 6.57. The topological polar surface area (TPSA) is 47.6 Å². The minimum absolute atomic E-state index is 0. The van der Waals surface area contributed by atoms with E-state index in [2.05, 4.69) is 154 Å². The van der Waals surface area contributed by atoms with Crippen LogP contribution in [-0.2, 0) is 20.4 Å². The number of hydrogen-bond donors (Lipinski definition) is 0. The molecule has 260 valence electrons. The van der Waals surface area contributed by atoms with Gasteiger partial charge in [-0.2, -0.15) is 6.07 Å². The van der Waals surface area contributed by atoms with Gasteiger partial charge in [-0.25, -0.2) is 4.98 Å². The summed E-state index contributed by atoms with van der Waals surface area (Å²) < 4.78 is 11.1. The molecule has 11 rings (SSSR count). The number of fused-ring (bicyclic) bond motifs is 11. The number of nitrogens with zero attached hydrogens (tertiary/aromatic N) is 5. The molecule has 0 bridgehead atoms. The molecule has 4 aromatic heterocycles. The number of benzene rings is 6. The van der Waals surface area contributed by atoms with Gasteiger partial charge in [-0.15, -0.1) is 30.3 Å². The normalized spacial score (nSPS) is 13.3. The molecule has 0 fully saturated rings. The summed E-state index contributed by atoms with van der Waals surface area (Å²) in [5, 5.41) is 8.29. The molecule has 1 aliphatic rings. The Kier molecular flexibility index (Phi) is 7.40. The third-order valence-corrected chi connectivity index (χ3v) is 14.3. The van der Waals surface area contributed by atoms with Crippen LogP contribution in [0.2, 0.25) is 13.1 Å². The summed E-state index contributed by atoms with van der Waals surface area (Å²) in [5.41, 5.74) is 7.41. The summed E-state index contributed by atoms with van der Waals surface area (Å²) in [4.78, 5) is 12.0. The van der Waals surface area contributed by atoms with Crippen LogP contribution in [0.15, 0.2) is 152 Å². The molecule has 1 aliphatic heterocycles. The van der Waals surface area contributed by atoms with Crippen molar-refractivity contribution in [1.82, 2.24) is 18.9 Å². The van der Waals surface area contributed by atoms with E-state index in [0.717, 1.165) is 55.7 Å². The minimum atomic E-state index is -2.19. The summed E-state index contributed by atoms with van der Waals surface area (Å²) in [6.07, 6.45) is 5.72. The van der Waals surface area contributed by atoms with Gasteiger partial charge < -0.3 is 18.6 Å². The Morgan fingerprint density at radius 2 is 1.35 bits per heavy atom. The zero-order chi connectivity index (χ0) is 35.3. The number of rotatable bonds is 4. The summed E-state index contributed by atoms with van der Waals surface area (Å²) in [5.74, 6) is 2.14. The summed E-state index contributed by atoms with van der Waals surface area (Å²) in [6, 6.07) is 54.2. The van der Waals surface area contributed by atoms with Crippen LogP contribution in [0, 0.1) is 12.1 Å². The largest absolute Gasteiger partial charge is 2.00 e. The molecule has 54 heavy (non-hydrogen) atoms. The van der Waals surface area contributed by atoms with Gasteiger partial charge >= 0.3 is 20.4 Å². The van der Waals surface area contributed by atoms with Gasteiger partial charge in [0.05, 0.1) is 16.7 Å². The number of ether oxygens (including phenoxy) is 1. The van der Waals surface area contributed by atoms with Crippen LogP contribution in [-0.4, -0.2) is 27.0 Å². The fraction of sp³-hybridized carbons (Fsp3) is 0.0435. The second kappa shape index (κ2) is 12.3. The van der Waals surface area contributed by atoms with Gasteiger partial charge in [-0.05, 0) is 52.2 Å². The number of imidazole rings is 1. The van der Waals surface area contributed by atoms with Gasteiger partial charge in [0.15, 0.2) is 0 Å². The molecule has 6 aromatic carbocycles. The summed E-state index contributed by atoms with van der Waals surface area (Å²) in [6.45, 7) is 4.87. The van der Waals surface area contributed by atoms with Crippen molar-refractivity contribution in [2.45, 2.75) is 13.1 Å². The second-order valence-electron chi connectivity index (χ2n) is 14.2. The molecule has 8 heteroatoms. The Labute approximate surface area is 326 Å². The maximum absolute atomic E-state index is 6.57. The first-order valence-corrected chi connectivity index (χ1v) is 20.8. The van der Waals surface area contributed by atoms with E-state index < -0.39 is 8.07 Å². The SMILES string of the molecule is C[Si]1(C)c2cc3c4ccccc4n(-c4ccccc4)c3cc2N(c2[c-]c(Oc3[c-]c4c(cc3)c3ccccc3n3ccnc43)ccc2)c2ncccc21.[Pd+2]. The van der Waals surface area contributed by atoms with Crippen LogP contribution in [0.4, 0.5) is 17.2 Å². The Morgan fingerprint density at radius 1 is 0.593 bits per heavy atom. The van der Waals surface area contributed by atoms with E-state index >= 15 is 0 Å². The third-order valence-electron chi connectivity index (χ3n) is 10.8. The van der Waals surface area contributed by atoms with Crippen LogP contribution in [0.5, 0.6) is 11.5 Å². The summed E-state index contributed by atoms with van der Waals surface area (Å²) >= 11 is 0. The standard InChI is InChI=1S/C46H31N5OSi.Pd/c1-53(2)43-20-11-23-47-46(43)51(42-29-41-37(28-44(42)53)36-17-7-9-19-40(36)50(41)30-12-4-3-5-13-30)31-14-10-15-32(26-31)52-33-21-22-34-35-16-6-8-18-39(35)49-25-24-48-45(49)38(34)27-33;/h3-25,28-29H,1-2H3;/q-2;+2. The predicted octanol–water partition coefficient (Wildman–Crippen LogP) is 10.1. The Bertz CT molecular complexity index is 3100. The van der Waals surface area contributed by atoms with Crippen molar-refractivity contribution in [3.63, 3.8) is 0 Å². The molecule has 10 aromatic rings. The monoisotopic (exact) mass is 803 g/mol. The molecular weight excluding hydrogens is 773 g/mol. The average Bonchev–Trinajstić information content (AvgIpc) is 3.82. The van der Waals surface area contributed by atoms with E-state index in [9.17, 15) is 0 Å². The Balaban J connectivity index is 0.00000361. The fourth-order valence-electron chi connectivity index (χ4n) is 8.38. The van der Waals surface area contributed by atoms with Gasteiger partial charge in [0, 0.05) is 57.8 Å². The van der Waals surface area contributed by atoms with Crippen LogP contribution in [0.25, 0.3) is 54.8 Å². The van der Waals surface area contributed by atoms with Gasteiger partial charge in [-0.3, -0.25) is 4.98 Å². The van der Waals surface area contributed by atoms with E-state index in [1.165, 1.54) is 26.7 Å². The van der Waals surface area contributed by atoms with Gasteiger partial charge in [0.1, 0.15) is 13.9 Å². The van der Waals surface area contributed by atoms with Crippen LogP contribution >= 0.6 is 0 Å². The van der Waals surface area contributed by atoms with E-state index in [1.807, 2.05) is 36.8 Å². The molecule has 5 heterocycles. The smallest absolute Gasteiger partial charge is 0.503 e. The van der Waals surface area contributed by atoms with E-state index in [0.29, 0.717) is 11.5 Å². The first kappa shape index (κ1) is 32.6. The number of pyridine rings is 2. The summed E-state index contributed by atoms with van der Waals surface area (Å²) in [7, 11) is -2.19. The predicted molar refractivity (Wildman–Crippen MR) is 218 cm³/mol. The van der Waals surface area contributed by atoms with E-state index in [-0.39, 0.29) is 20.4 Å². The third kappa shape index (κ3) is 4.74. The van der Waals surface area contributed by atoms with Crippen molar-refractivity contribution in [2.24, 2.45) is 0 Å². The van der Waals surface area contributed by atoms with Gasteiger partial charge in [0.25, 0.3) is 0 Å². The second-order valence-corrected chi connectivity index (χ2v) is 18.5. The van der Waals surface area contributed by atoms with Crippen molar-refractivity contribution in [3.05, 3.63) is 164 Å². The molecule has 0 aliphatic carbocycles. The molecule has 0 saturated carbocycles. The number of anilines is 3. The van der Waals surface area contributed by atoms with Crippen LogP contribution in [0.1, 0.15) is 0 Å². The Morgan fingerprint density at radius 3 is 2.20 bits per heavy atom. The zero-order valence-electron chi connectivity index (χ0n) is 29.4. The van der Waals surface area contributed by atoms with Gasteiger partial charge in [0.2, 0.25) is 0 Å². The van der Waals surface area contributed by atoms with Gasteiger partial charge in [-0.1, -0.05) is 102 Å². The van der Waals surface area contributed by atoms with E-state index in [1.54, 1.807) is 0 Å². The molecule has 0 saturated heterocycles.